The summed E-state index contributed by atoms with van der Waals surface area (Å²) in [6, 6.07) is 0.900. The van der Waals surface area contributed by atoms with Crippen molar-refractivity contribution in [1.29, 1.82) is 0 Å². The summed E-state index contributed by atoms with van der Waals surface area (Å²) in [6.07, 6.45) is 2.23. The van der Waals surface area contributed by atoms with Crippen LogP contribution in [0.3, 0.4) is 0 Å². The Morgan fingerprint density at radius 3 is 2.67 bits per heavy atom. The number of nitrogens with zero attached hydrogens (tertiary/aromatic N) is 1. The Labute approximate surface area is 109 Å². The van der Waals surface area contributed by atoms with Gasteiger partial charge in [-0.15, -0.1) is 0 Å². The second-order valence-corrected chi connectivity index (χ2v) is 6.30. The van der Waals surface area contributed by atoms with Crippen molar-refractivity contribution in [2.75, 3.05) is 26.2 Å². The maximum Gasteiger partial charge on any atom is 0.407 e. The first-order chi connectivity index (χ1) is 8.44. The van der Waals surface area contributed by atoms with Gasteiger partial charge in [-0.25, -0.2) is 4.79 Å². The molecule has 0 bridgehead atoms. The van der Waals surface area contributed by atoms with Crippen LogP contribution in [0.5, 0.6) is 0 Å². The molecule has 2 N–H and O–H groups in total. The molecule has 104 valence electrons. The number of carbonyl (C=O) groups is 1. The molecule has 0 aromatic rings. The highest BCUT2D eigenvalue weighted by molar-refractivity contribution is 5.68. The lowest BCUT2D eigenvalue weighted by Crippen LogP contribution is -2.64. The van der Waals surface area contributed by atoms with E-state index in [-0.39, 0.29) is 12.1 Å². The number of alkyl carbamates (subject to hydrolysis) is 1. The number of nitrogens with one attached hydrogen (secondary N) is 2. The fourth-order valence-corrected chi connectivity index (χ4v) is 2.52. The molecular formula is C13H25N3O2. The van der Waals surface area contributed by atoms with Gasteiger partial charge in [-0.3, -0.25) is 4.90 Å². The van der Waals surface area contributed by atoms with Crippen LogP contribution >= 0.6 is 0 Å². The van der Waals surface area contributed by atoms with E-state index in [1.807, 2.05) is 20.8 Å². The minimum absolute atomic E-state index is 0.252. The maximum atomic E-state index is 11.6. The highest BCUT2D eigenvalue weighted by Gasteiger charge is 2.34. The van der Waals surface area contributed by atoms with Gasteiger partial charge >= 0.3 is 6.09 Å². The highest BCUT2D eigenvalue weighted by atomic mass is 16.6. The van der Waals surface area contributed by atoms with Crippen molar-refractivity contribution in [2.45, 2.75) is 51.3 Å². The van der Waals surface area contributed by atoms with Crippen molar-refractivity contribution >= 4 is 6.09 Å². The van der Waals surface area contributed by atoms with E-state index in [0.29, 0.717) is 6.04 Å². The molecule has 2 saturated heterocycles. The standard InChI is InChI=1S/C13H25N3O2/c1-13(2,3)18-12(17)15-10-8-16(9-10)11-5-4-6-14-7-11/h10-11,14H,4-9H2,1-3H3,(H,15,17). The zero-order chi connectivity index (χ0) is 13.2. The smallest absolute Gasteiger partial charge is 0.407 e. The molecular weight excluding hydrogens is 230 g/mol. The van der Waals surface area contributed by atoms with Crippen LogP contribution < -0.4 is 10.6 Å². The van der Waals surface area contributed by atoms with E-state index in [1.54, 1.807) is 0 Å². The van der Waals surface area contributed by atoms with Crippen LogP contribution in [0, 0.1) is 0 Å². The molecule has 0 saturated carbocycles. The molecule has 2 heterocycles. The van der Waals surface area contributed by atoms with Crippen LogP contribution in [0.4, 0.5) is 4.79 Å². The van der Waals surface area contributed by atoms with E-state index in [1.165, 1.54) is 12.8 Å². The number of amides is 1. The second kappa shape index (κ2) is 5.45. The minimum Gasteiger partial charge on any atom is -0.444 e. The molecule has 0 radical (unpaired) electrons. The number of rotatable bonds is 2. The Morgan fingerprint density at radius 1 is 1.39 bits per heavy atom. The van der Waals surface area contributed by atoms with Gasteiger partial charge < -0.3 is 15.4 Å². The first-order valence-corrected chi connectivity index (χ1v) is 6.88. The van der Waals surface area contributed by atoms with Gasteiger partial charge in [0, 0.05) is 25.7 Å². The van der Waals surface area contributed by atoms with Gasteiger partial charge in [0.2, 0.25) is 0 Å². The van der Waals surface area contributed by atoms with Crippen molar-refractivity contribution in [2.24, 2.45) is 0 Å². The van der Waals surface area contributed by atoms with E-state index >= 15 is 0 Å². The van der Waals surface area contributed by atoms with Crippen molar-refractivity contribution < 1.29 is 9.53 Å². The summed E-state index contributed by atoms with van der Waals surface area (Å²) in [5, 5.41) is 6.34. The van der Waals surface area contributed by atoms with Crippen molar-refractivity contribution in [3.63, 3.8) is 0 Å². The van der Waals surface area contributed by atoms with Crippen LogP contribution in [0.25, 0.3) is 0 Å². The van der Waals surface area contributed by atoms with Crippen molar-refractivity contribution in [1.82, 2.24) is 15.5 Å². The van der Waals surface area contributed by atoms with Gasteiger partial charge in [0.15, 0.2) is 0 Å². The molecule has 1 amide bonds. The van der Waals surface area contributed by atoms with Gasteiger partial charge in [0.25, 0.3) is 0 Å². The molecule has 2 rings (SSSR count). The zero-order valence-corrected chi connectivity index (χ0v) is 11.7. The van der Waals surface area contributed by atoms with Crippen LogP contribution in [-0.2, 0) is 4.74 Å². The third kappa shape index (κ3) is 3.85. The first kappa shape index (κ1) is 13.6. The number of ether oxygens (including phenoxy) is 1. The molecule has 5 nitrogen and oxygen atoms in total. The van der Waals surface area contributed by atoms with Gasteiger partial charge in [0.1, 0.15) is 5.60 Å². The number of piperidine rings is 1. The number of carbonyl (C=O) groups excluding carboxylic acids is 1. The molecule has 0 aromatic carbocycles. The van der Waals surface area contributed by atoms with Crippen molar-refractivity contribution in [3.8, 4) is 0 Å². The molecule has 0 aliphatic carbocycles. The van der Waals surface area contributed by atoms with Crippen LogP contribution in [0.1, 0.15) is 33.6 Å². The Kier molecular flexibility index (Phi) is 4.12. The summed E-state index contributed by atoms with van der Waals surface area (Å²) in [4.78, 5) is 14.0. The fourth-order valence-electron chi connectivity index (χ4n) is 2.52. The van der Waals surface area contributed by atoms with E-state index in [0.717, 1.165) is 26.2 Å². The van der Waals surface area contributed by atoms with Crippen molar-refractivity contribution in [3.05, 3.63) is 0 Å². The normalized spacial score (nSPS) is 26.5. The van der Waals surface area contributed by atoms with E-state index < -0.39 is 5.60 Å². The second-order valence-electron chi connectivity index (χ2n) is 6.30. The molecule has 0 aromatic heterocycles. The predicted molar refractivity (Wildman–Crippen MR) is 70.6 cm³/mol. The Hall–Kier alpha value is -0.810. The van der Waals surface area contributed by atoms with E-state index in [9.17, 15) is 4.79 Å². The lowest BCUT2D eigenvalue weighted by molar-refractivity contribution is 0.0288. The van der Waals surface area contributed by atoms with Gasteiger partial charge in [-0.2, -0.15) is 0 Å². The molecule has 2 aliphatic rings. The third-order valence-electron chi connectivity index (χ3n) is 3.42. The Bertz CT molecular complexity index is 289. The summed E-state index contributed by atoms with van der Waals surface area (Å²) in [6.45, 7) is 9.77. The maximum absolute atomic E-state index is 11.6. The summed E-state index contributed by atoms with van der Waals surface area (Å²) in [5.74, 6) is 0. The summed E-state index contributed by atoms with van der Waals surface area (Å²) >= 11 is 0. The van der Waals surface area contributed by atoms with Gasteiger partial charge in [-0.05, 0) is 40.2 Å². The summed E-state index contributed by atoms with van der Waals surface area (Å²) in [7, 11) is 0. The zero-order valence-electron chi connectivity index (χ0n) is 11.7. The fraction of sp³-hybridized carbons (Fsp3) is 0.923. The molecule has 0 spiro atoms. The molecule has 1 atom stereocenters. The van der Waals surface area contributed by atoms with E-state index in [2.05, 4.69) is 15.5 Å². The quantitative estimate of drug-likeness (QED) is 0.771. The Morgan fingerprint density at radius 2 is 2.11 bits per heavy atom. The van der Waals surface area contributed by atoms with Crippen LogP contribution in [-0.4, -0.2) is 54.9 Å². The number of likely N-dealkylation sites (tertiary alicyclic amines) is 1. The van der Waals surface area contributed by atoms with E-state index in [4.69, 9.17) is 4.74 Å². The highest BCUT2D eigenvalue weighted by Crippen LogP contribution is 2.18. The molecule has 5 heteroatoms. The third-order valence-corrected chi connectivity index (χ3v) is 3.42. The topological polar surface area (TPSA) is 53.6 Å². The minimum atomic E-state index is -0.416. The van der Waals surface area contributed by atoms with Gasteiger partial charge in [0.05, 0.1) is 6.04 Å². The molecule has 2 fully saturated rings. The summed E-state index contributed by atoms with van der Waals surface area (Å²) in [5.41, 5.74) is -0.416. The number of hydrogen-bond donors (Lipinski definition) is 2. The lowest BCUT2D eigenvalue weighted by atomic mass is 9.99. The average molecular weight is 255 g/mol. The molecule has 1 unspecified atom stereocenters. The lowest BCUT2D eigenvalue weighted by Gasteiger charge is -2.45. The number of hydrogen-bond acceptors (Lipinski definition) is 4. The van der Waals surface area contributed by atoms with Gasteiger partial charge in [-0.1, -0.05) is 0 Å². The predicted octanol–water partition coefficient (Wildman–Crippen LogP) is 0.947. The SMILES string of the molecule is CC(C)(C)OC(=O)NC1CN(C2CCCNC2)C1. The summed E-state index contributed by atoms with van der Waals surface area (Å²) < 4.78 is 5.24. The van der Waals surface area contributed by atoms with Crippen LogP contribution in [0.15, 0.2) is 0 Å². The van der Waals surface area contributed by atoms with Crippen LogP contribution in [0.2, 0.25) is 0 Å². The molecule has 18 heavy (non-hydrogen) atoms. The Balaban J connectivity index is 1.65. The monoisotopic (exact) mass is 255 g/mol. The first-order valence-electron chi connectivity index (χ1n) is 6.88. The average Bonchev–Trinajstić information content (AvgIpc) is 2.21. The molecule has 2 aliphatic heterocycles. The largest absolute Gasteiger partial charge is 0.444 e.